The molecule has 0 aromatic heterocycles. The van der Waals surface area contributed by atoms with Crippen LogP contribution in [-0.4, -0.2) is 28.4 Å². The van der Waals surface area contributed by atoms with Crippen molar-refractivity contribution in [2.45, 2.75) is 46.5 Å². The van der Waals surface area contributed by atoms with Crippen LogP contribution in [0.3, 0.4) is 0 Å². The Hall–Kier alpha value is 1.25. The molecule has 0 fully saturated rings. The molecule has 12 heavy (non-hydrogen) atoms. The second-order valence-corrected chi connectivity index (χ2v) is 4.70. The molecule has 0 spiro atoms. The van der Waals surface area contributed by atoms with E-state index in [-0.39, 0.29) is 25.9 Å². The maximum atomic E-state index is 3.47. The van der Waals surface area contributed by atoms with Gasteiger partial charge in [-0.3, -0.25) is 0 Å². The Morgan fingerprint density at radius 3 is 2.08 bits per heavy atom. The van der Waals surface area contributed by atoms with Gasteiger partial charge in [0.15, 0.2) is 0 Å². The van der Waals surface area contributed by atoms with Crippen molar-refractivity contribution in [3.63, 3.8) is 0 Å². The van der Waals surface area contributed by atoms with Gasteiger partial charge in [-0.15, -0.1) is 0 Å². The molecule has 0 radical (unpaired) electrons. The number of halogens is 1. The van der Waals surface area contributed by atoms with Gasteiger partial charge in [-0.05, 0) is 18.3 Å². The molecule has 0 aliphatic carbocycles. The minimum Gasteiger partial charge on any atom is -1.00 e. The quantitative estimate of drug-likeness (QED) is 0.490. The van der Waals surface area contributed by atoms with Crippen LogP contribution in [0.1, 0.15) is 49.3 Å². The van der Waals surface area contributed by atoms with Crippen LogP contribution >= 0.6 is 15.9 Å². The second kappa shape index (κ2) is 10.3. The first-order valence-corrected chi connectivity index (χ1v) is 5.85. The van der Waals surface area contributed by atoms with E-state index in [1.54, 1.807) is 0 Å². The van der Waals surface area contributed by atoms with E-state index in [0.29, 0.717) is 0 Å². The summed E-state index contributed by atoms with van der Waals surface area (Å²) in [6.45, 7) is 6.95. The van der Waals surface area contributed by atoms with Gasteiger partial charge < -0.3 is 2.85 Å². The van der Waals surface area contributed by atoms with Gasteiger partial charge in [0.05, 0.1) is 0 Å². The summed E-state index contributed by atoms with van der Waals surface area (Å²) in [4.78, 5) is 0. The third kappa shape index (κ3) is 11.2. The predicted molar refractivity (Wildman–Crippen MR) is 64.2 cm³/mol. The van der Waals surface area contributed by atoms with Crippen LogP contribution in [0, 0.1) is 11.8 Å². The molecule has 0 aliphatic heterocycles. The van der Waals surface area contributed by atoms with E-state index in [1.165, 1.54) is 25.7 Å². The van der Waals surface area contributed by atoms with Crippen molar-refractivity contribution in [2.75, 3.05) is 5.33 Å². The molecule has 2 heteroatoms. The summed E-state index contributed by atoms with van der Waals surface area (Å²) >= 11 is 3.47. The molecule has 0 nitrogen and oxygen atoms in total. The summed E-state index contributed by atoms with van der Waals surface area (Å²) in [5.41, 5.74) is 0. The summed E-state index contributed by atoms with van der Waals surface area (Å²) < 4.78 is 0. The summed E-state index contributed by atoms with van der Waals surface area (Å²) in [7, 11) is 0. The van der Waals surface area contributed by atoms with E-state index in [2.05, 4.69) is 36.7 Å². The Balaban J connectivity index is -0.000000167. The van der Waals surface area contributed by atoms with E-state index in [0.717, 1.165) is 17.2 Å². The van der Waals surface area contributed by atoms with Crippen molar-refractivity contribution in [1.29, 1.82) is 0 Å². The Kier molecular flexibility index (Phi) is 13.5. The Bertz CT molecular complexity index is 92.2. The fourth-order valence-electron chi connectivity index (χ4n) is 1.21. The first-order valence-electron chi connectivity index (χ1n) is 4.72. The molecular weight excluding hydrogens is 224 g/mol. The zero-order chi connectivity index (χ0) is 8.69. The average molecular weight is 248 g/mol. The molecule has 0 aliphatic rings. The minimum atomic E-state index is 0. The first-order chi connectivity index (χ1) is 5.16. The average Bonchev–Trinajstić information content (AvgIpc) is 1.87. The third-order valence-corrected chi connectivity index (χ3v) is 2.54. The summed E-state index contributed by atoms with van der Waals surface area (Å²) in [6, 6.07) is 0. The molecule has 0 N–H and O–H groups in total. The van der Waals surface area contributed by atoms with Gasteiger partial charge in [0.25, 0.3) is 0 Å². The fourth-order valence-corrected chi connectivity index (χ4v) is 1.99. The standard InChI is InChI=1S/C10H21Br.Mg.2H/c1-9(2)5-4-6-10(3)7-8-11;;;/h9-10H,4-8H2,1-3H3;;;/q;+2;2*-1. The number of hydrogen-bond acceptors (Lipinski definition) is 0. The fraction of sp³-hybridized carbons (Fsp3) is 1.00. The summed E-state index contributed by atoms with van der Waals surface area (Å²) in [5, 5.41) is 1.16. The number of hydrogen-bond donors (Lipinski definition) is 0. The Morgan fingerprint density at radius 1 is 1.08 bits per heavy atom. The van der Waals surface area contributed by atoms with Gasteiger partial charge in [-0.25, -0.2) is 0 Å². The number of alkyl halides is 1. The van der Waals surface area contributed by atoms with Crippen LogP contribution in [0.25, 0.3) is 0 Å². The van der Waals surface area contributed by atoms with Gasteiger partial charge in [0, 0.05) is 5.33 Å². The molecule has 0 saturated carbocycles. The maximum absolute atomic E-state index is 3.47. The van der Waals surface area contributed by atoms with Gasteiger partial charge >= 0.3 is 23.1 Å². The smallest absolute Gasteiger partial charge is 1.00 e. The van der Waals surface area contributed by atoms with E-state index >= 15 is 0 Å². The zero-order valence-corrected chi connectivity index (χ0v) is 11.8. The van der Waals surface area contributed by atoms with Crippen molar-refractivity contribution in [3.8, 4) is 0 Å². The van der Waals surface area contributed by atoms with Gasteiger partial charge in [0.2, 0.25) is 0 Å². The first kappa shape index (κ1) is 15.7. The topological polar surface area (TPSA) is 0 Å². The molecule has 0 aromatic carbocycles. The molecule has 0 saturated heterocycles. The molecule has 72 valence electrons. The molecule has 0 heterocycles. The van der Waals surface area contributed by atoms with Gasteiger partial charge in [0.1, 0.15) is 0 Å². The summed E-state index contributed by atoms with van der Waals surface area (Å²) in [5.74, 6) is 1.79. The molecule has 0 bridgehead atoms. The van der Waals surface area contributed by atoms with Crippen LogP contribution in [0.15, 0.2) is 0 Å². The summed E-state index contributed by atoms with van der Waals surface area (Å²) in [6.07, 6.45) is 5.54. The molecular formula is C10H23BrMg. The molecule has 0 amide bonds. The SMILES string of the molecule is CC(C)CCCC(C)CCBr.[H-].[H-].[Mg+2]. The molecule has 1 atom stereocenters. The second-order valence-electron chi connectivity index (χ2n) is 3.91. The Labute approximate surface area is 105 Å². The van der Waals surface area contributed by atoms with E-state index in [4.69, 9.17) is 0 Å². The van der Waals surface area contributed by atoms with Crippen LogP contribution in [0.4, 0.5) is 0 Å². The number of rotatable bonds is 6. The molecule has 1 unspecified atom stereocenters. The maximum Gasteiger partial charge on any atom is 2.00 e. The molecule has 0 rings (SSSR count). The predicted octanol–water partition coefficient (Wildman–Crippen LogP) is 4.08. The molecule has 0 aromatic rings. The third-order valence-electron chi connectivity index (χ3n) is 2.08. The largest absolute Gasteiger partial charge is 2.00 e. The van der Waals surface area contributed by atoms with E-state index < -0.39 is 0 Å². The van der Waals surface area contributed by atoms with Gasteiger partial charge in [-0.2, -0.15) is 0 Å². The van der Waals surface area contributed by atoms with Crippen LogP contribution in [-0.2, 0) is 0 Å². The van der Waals surface area contributed by atoms with Crippen LogP contribution in [0.2, 0.25) is 0 Å². The van der Waals surface area contributed by atoms with E-state index in [9.17, 15) is 0 Å². The normalized spacial score (nSPS) is 12.8. The van der Waals surface area contributed by atoms with Gasteiger partial charge in [-0.1, -0.05) is 56.0 Å². The van der Waals surface area contributed by atoms with Crippen LogP contribution < -0.4 is 0 Å². The zero-order valence-electron chi connectivity index (χ0n) is 10.8. The van der Waals surface area contributed by atoms with Crippen molar-refractivity contribution in [1.82, 2.24) is 0 Å². The van der Waals surface area contributed by atoms with Crippen molar-refractivity contribution >= 4 is 39.0 Å². The van der Waals surface area contributed by atoms with Crippen molar-refractivity contribution in [2.24, 2.45) is 11.8 Å². The Morgan fingerprint density at radius 2 is 1.67 bits per heavy atom. The van der Waals surface area contributed by atoms with Crippen LogP contribution in [0.5, 0.6) is 0 Å². The van der Waals surface area contributed by atoms with Crippen molar-refractivity contribution in [3.05, 3.63) is 0 Å². The monoisotopic (exact) mass is 246 g/mol. The minimum absolute atomic E-state index is 0. The van der Waals surface area contributed by atoms with Crippen molar-refractivity contribution < 1.29 is 2.85 Å². The van der Waals surface area contributed by atoms with E-state index in [1.807, 2.05) is 0 Å².